The van der Waals surface area contributed by atoms with Crippen LogP contribution in [0.5, 0.6) is 0 Å². The molecular formula is C11H11F2N3O4. The number of hydrogen-bond donors (Lipinski definition) is 3. The van der Waals surface area contributed by atoms with Gasteiger partial charge in [-0.05, 0) is 0 Å². The van der Waals surface area contributed by atoms with E-state index in [9.17, 15) is 18.7 Å². The lowest BCUT2D eigenvalue weighted by atomic mass is 10.1. The Kier molecular flexibility index (Phi) is 3.04. The number of nitrogens with zero attached hydrogens (tertiary/aromatic N) is 2. The number of ether oxygens (including phenoxy) is 1. The minimum Gasteiger partial charge on any atom is -0.394 e. The first-order chi connectivity index (χ1) is 9.54. The molecule has 1 aliphatic rings. The highest BCUT2D eigenvalue weighted by Gasteiger charge is 2.45. The lowest BCUT2D eigenvalue weighted by Crippen LogP contribution is -2.30. The number of alkyl halides is 1. The molecule has 3 rings (SSSR count). The van der Waals surface area contributed by atoms with E-state index >= 15 is 0 Å². The van der Waals surface area contributed by atoms with Crippen LogP contribution in [0.4, 0.5) is 8.78 Å². The summed E-state index contributed by atoms with van der Waals surface area (Å²) in [6.45, 7) is -0.576. The summed E-state index contributed by atoms with van der Waals surface area (Å²) in [7, 11) is 0. The Bertz CT molecular complexity index is 701. The quantitative estimate of drug-likeness (QED) is 0.688. The van der Waals surface area contributed by atoms with Gasteiger partial charge in [0.2, 0.25) is 0 Å². The minimum absolute atomic E-state index is 0.0929. The molecule has 20 heavy (non-hydrogen) atoms. The first-order valence-electron chi connectivity index (χ1n) is 5.86. The van der Waals surface area contributed by atoms with Crippen LogP contribution in [0.2, 0.25) is 0 Å². The van der Waals surface area contributed by atoms with Crippen LogP contribution in [0.15, 0.2) is 17.3 Å². The van der Waals surface area contributed by atoms with E-state index in [4.69, 9.17) is 9.84 Å². The van der Waals surface area contributed by atoms with Gasteiger partial charge in [0.1, 0.15) is 17.6 Å². The van der Waals surface area contributed by atoms with Crippen LogP contribution in [-0.2, 0) is 4.74 Å². The monoisotopic (exact) mass is 287 g/mol. The van der Waals surface area contributed by atoms with E-state index in [2.05, 4.69) is 9.97 Å². The zero-order valence-corrected chi connectivity index (χ0v) is 10.0. The number of rotatable bonds is 2. The minimum atomic E-state index is -1.87. The van der Waals surface area contributed by atoms with Crippen LogP contribution in [-0.4, -0.2) is 49.7 Å². The van der Waals surface area contributed by atoms with Gasteiger partial charge in [0.25, 0.3) is 5.56 Å². The molecule has 0 aromatic carbocycles. The third-order valence-corrected chi connectivity index (χ3v) is 3.32. The standard InChI is InChI=1S/C11H11F2N3O4/c12-4-1-16(9-6(4)10(19)15-3-14-9)11-7(13)8(18)5(2-17)20-11/h1,3,5,7-8,11,17-18H,2H2,(H,14,15,19). The Morgan fingerprint density at radius 3 is 2.95 bits per heavy atom. The van der Waals surface area contributed by atoms with Crippen LogP contribution in [0.1, 0.15) is 6.23 Å². The van der Waals surface area contributed by atoms with E-state index in [1.165, 1.54) is 0 Å². The van der Waals surface area contributed by atoms with Gasteiger partial charge >= 0.3 is 0 Å². The summed E-state index contributed by atoms with van der Waals surface area (Å²) in [5.74, 6) is -0.868. The van der Waals surface area contributed by atoms with Gasteiger partial charge in [-0.1, -0.05) is 0 Å². The summed E-state index contributed by atoms with van der Waals surface area (Å²) in [4.78, 5) is 17.5. The van der Waals surface area contributed by atoms with Crippen LogP contribution in [0, 0.1) is 5.82 Å². The summed E-state index contributed by atoms with van der Waals surface area (Å²) < 4.78 is 33.9. The molecule has 108 valence electrons. The first-order valence-corrected chi connectivity index (χ1v) is 5.86. The number of aliphatic hydroxyl groups is 2. The molecule has 0 spiro atoms. The number of H-pyrrole nitrogens is 1. The second-order valence-electron chi connectivity index (χ2n) is 4.50. The second-order valence-corrected chi connectivity index (χ2v) is 4.50. The lowest BCUT2D eigenvalue weighted by Gasteiger charge is -2.15. The van der Waals surface area contributed by atoms with Crippen molar-refractivity contribution in [3.05, 3.63) is 28.7 Å². The van der Waals surface area contributed by atoms with Gasteiger partial charge in [-0.3, -0.25) is 9.36 Å². The summed E-state index contributed by atoms with van der Waals surface area (Å²) >= 11 is 0. The predicted octanol–water partition coefficient (Wildman–Crippen LogP) is -0.548. The molecule has 2 aromatic rings. The normalized spacial score (nSPS) is 30.2. The SMILES string of the molecule is O=c1[nH]cnc2c1c(F)cn2C1OC(CO)C(O)C1F. The molecule has 3 N–H and O–H groups in total. The fourth-order valence-corrected chi connectivity index (χ4v) is 2.32. The largest absolute Gasteiger partial charge is 0.394 e. The molecule has 2 aromatic heterocycles. The van der Waals surface area contributed by atoms with Crippen LogP contribution < -0.4 is 5.56 Å². The molecule has 0 aliphatic carbocycles. The molecule has 1 saturated heterocycles. The summed E-state index contributed by atoms with van der Waals surface area (Å²) in [5.41, 5.74) is -0.788. The Morgan fingerprint density at radius 1 is 1.55 bits per heavy atom. The summed E-state index contributed by atoms with van der Waals surface area (Å²) in [6, 6.07) is 0. The Labute approximate surface area is 110 Å². The first kappa shape index (κ1) is 13.2. The molecule has 1 fully saturated rings. The molecule has 9 heteroatoms. The van der Waals surface area contributed by atoms with Crippen LogP contribution in [0.25, 0.3) is 11.0 Å². The van der Waals surface area contributed by atoms with Gasteiger partial charge < -0.3 is 19.9 Å². The van der Waals surface area contributed by atoms with Crippen molar-refractivity contribution in [3.63, 3.8) is 0 Å². The van der Waals surface area contributed by atoms with E-state index in [-0.39, 0.29) is 11.0 Å². The highest BCUT2D eigenvalue weighted by atomic mass is 19.1. The van der Waals surface area contributed by atoms with Crippen molar-refractivity contribution in [2.24, 2.45) is 0 Å². The Hall–Kier alpha value is -1.84. The van der Waals surface area contributed by atoms with E-state index in [0.717, 1.165) is 17.1 Å². The zero-order chi connectivity index (χ0) is 14.4. The van der Waals surface area contributed by atoms with Crippen molar-refractivity contribution in [1.82, 2.24) is 14.5 Å². The number of fused-ring (bicyclic) bond motifs is 1. The topological polar surface area (TPSA) is 100 Å². The third-order valence-electron chi connectivity index (χ3n) is 3.32. The van der Waals surface area contributed by atoms with Crippen molar-refractivity contribution in [3.8, 4) is 0 Å². The van der Waals surface area contributed by atoms with Crippen LogP contribution >= 0.6 is 0 Å². The van der Waals surface area contributed by atoms with E-state index in [1.54, 1.807) is 0 Å². The maximum Gasteiger partial charge on any atom is 0.263 e. The van der Waals surface area contributed by atoms with Gasteiger partial charge in [0.05, 0.1) is 12.9 Å². The van der Waals surface area contributed by atoms with E-state index in [0.29, 0.717) is 0 Å². The van der Waals surface area contributed by atoms with E-state index < -0.39 is 42.6 Å². The molecule has 7 nitrogen and oxygen atoms in total. The zero-order valence-electron chi connectivity index (χ0n) is 10.0. The molecular weight excluding hydrogens is 276 g/mol. The number of aromatic amines is 1. The molecule has 3 heterocycles. The lowest BCUT2D eigenvalue weighted by molar-refractivity contribution is -0.0459. The average molecular weight is 287 g/mol. The van der Waals surface area contributed by atoms with Gasteiger partial charge in [-0.15, -0.1) is 0 Å². The van der Waals surface area contributed by atoms with Crippen LogP contribution in [0.3, 0.4) is 0 Å². The number of hydrogen-bond acceptors (Lipinski definition) is 5. The smallest absolute Gasteiger partial charge is 0.263 e. The molecule has 4 atom stereocenters. The van der Waals surface area contributed by atoms with Crippen molar-refractivity contribution >= 4 is 11.0 Å². The number of halogens is 2. The van der Waals surface area contributed by atoms with Crippen molar-refractivity contribution < 1.29 is 23.7 Å². The van der Waals surface area contributed by atoms with Crippen molar-refractivity contribution in [1.29, 1.82) is 0 Å². The maximum absolute atomic E-state index is 14.0. The summed E-state index contributed by atoms with van der Waals surface area (Å²) in [5, 5.41) is 18.2. The fraction of sp³-hybridized carbons (Fsp3) is 0.455. The van der Waals surface area contributed by atoms with Crippen molar-refractivity contribution in [2.75, 3.05) is 6.61 Å². The second kappa shape index (κ2) is 4.62. The molecule has 0 saturated carbocycles. The summed E-state index contributed by atoms with van der Waals surface area (Å²) in [6.07, 6.45) is -3.93. The highest BCUT2D eigenvalue weighted by Crippen LogP contribution is 2.34. The van der Waals surface area contributed by atoms with Gasteiger partial charge in [0.15, 0.2) is 23.9 Å². The average Bonchev–Trinajstić information content (AvgIpc) is 2.90. The number of nitrogens with one attached hydrogen (secondary N) is 1. The Balaban J connectivity index is 2.12. The van der Waals surface area contributed by atoms with Gasteiger partial charge in [0, 0.05) is 6.20 Å². The molecule has 0 bridgehead atoms. The number of aliphatic hydroxyl groups excluding tert-OH is 2. The third kappa shape index (κ3) is 1.74. The van der Waals surface area contributed by atoms with Crippen molar-refractivity contribution in [2.45, 2.75) is 24.6 Å². The van der Waals surface area contributed by atoms with Gasteiger partial charge in [-0.25, -0.2) is 13.8 Å². The molecule has 0 amide bonds. The molecule has 0 radical (unpaired) electrons. The predicted molar refractivity (Wildman–Crippen MR) is 62.2 cm³/mol. The fourth-order valence-electron chi connectivity index (χ4n) is 2.32. The molecule has 4 unspecified atom stereocenters. The van der Waals surface area contributed by atoms with Gasteiger partial charge in [-0.2, -0.15) is 0 Å². The van der Waals surface area contributed by atoms with E-state index in [1.807, 2.05) is 0 Å². The highest BCUT2D eigenvalue weighted by molar-refractivity contribution is 5.75. The Morgan fingerprint density at radius 2 is 2.30 bits per heavy atom. The maximum atomic E-state index is 14.0. The number of aromatic nitrogens is 3. The molecule has 1 aliphatic heterocycles.